The van der Waals surface area contributed by atoms with Crippen LogP contribution in [0.3, 0.4) is 0 Å². The zero-order chi connectivity index (χ0) is 13.8. The highest BCUT2D eigenvalue weighted by molar-refractivity contribution is 9.10. The fourth-order valence-electron chi connectivity index (χ4n) is 2.37. The van der Waals surface area contributed by atoms with Crippen molar-refractivity contribution >= 4 is 21.8 Å². The van der Waals surface area contributed by atoms with Crippen LogP contribution in [-0.2, 0) is 0 Å². The summed E-state index contributed by atoms with van der Waals surface area (Å²) < 4.78 is 0.826. The molecule has 2 heterocycles. The molecule has 1 aromatic rings. The number of nitrogens with zero attached hydrogens (tertiary/aromatic N) is 2. The topological polar surface area (TPSA) is 45.2 Å². The first-order chi connectivity index (χ1) is 9.06. The number of carbonyl (C=O) groups excluding carboxylic acids is 1. The number of rotatable bonds is 4. The normalized spacial score (nSPS) is 19.9. The van der Waals surface area contributed by atoms with Crippen molar-refractivity contribution < 1.29 is 4.79 Å². The van der Waals surface area contributed by atoms with Crippen LogP contribution in [-0.4, -0.2) is 41.5 Å². The third-order valence-corrected chi connectivity index (χ3v) is 4.00. The van der Waals surface area contributed by atoms with E-state index in [-0.39, 0.29) is 5.91 Å². The van der Waals surface area contributed by atoms with Crippen LogP contribution in [0.4, 0.5) is 0 Å². The van der Waals surface area contributed by atoms with Crippen LogP contribution < -0.4 is 5.32 Å². The highest BCUT2D eigenvalue weighted by Crippen LogP contribution is 2.17. The van der Waals surface area contributed by atoms with Gasteiger partial charge in [-0.2, -0.15) is 0 Å². The number of amides is 1. The predicted molar refractivity (Wildman–Crippen MR) is 79.1 cm³/mol. The molecule has 0 bridgehead atoms. The number of nitrogens with one attached hydrogen (secondary N) is 1. The van der Waals surface area contributed by atoms with Crippen molar-refractivity contribution in [2.75, 3.05) is 19.6 Å². The van der Waals surface area contributed by atoms with E-state index >= 15 is 0 Å². The van der Waals surface area contributed by atoms with E-state index in [0.717, 1.165) is 30.5 Å². The van der Waals surface area contributed by atoms with Crippen LogP contribution >= 0.6 is 15.9 Å². The van der Waals surface area contributed by atoms with Crippen LogP contribution in [0.5, 0.6) is 0 Å². The number of halogens is 1. The highest BCUT2D eigenvalue weighted by atomic mass is 79.9. The first kappa shape index (κ1) is 14.5. The fraction of sp³-hybridized carbons (Fsp3) is 0.571. The van der Waals surface area contributed by atoms with Crippen molar-refractivity contribution in [2.45, 2.75) is 26.3 Å². The Labute approximate surface area is 122 Å². The summed E-state index contributed by atoms with van der Waals surface area (Å²) in [5.41, 5.74) is 0.605. The van der Waals surface area contributed by atoms with Gasteiger partial charge in [0.15, 0.2) is 0 Å². The Hall–Kier alpha value is -0.940. The molecule has 1 saturated heterocycles. The number of likely N-dealkylation sites (tertiary alicyclic amines) is 1. The quantitative estimate of drug-likeness (QED) is 0.923. The molecule has 0 radical (unpaired) electrons. The molecule has 0 spiro atoms. The summed E-state index contributed by atoms with van der Waals surface area (Å²) >= 11 is 3.32. The van der Waals surface area contributed by atoms with Crippen LogP contribution in [0, 0.1) is 5.92 Å². The van der Waals surface area contributed by atoms with Crippen LogP contribution in [0.15, 0.2) is 22.9 Å². The lowest BCUT2D eigenvalue weighted by Crippen LogP contribution is -2.33. The minimum Gasteiger partial charge on any atom is -0.352 e. The Morgan fingerprint density at radius 2 is 2.37 bits per heavy atom. The Bertz CT molecular complexity index is 450. The van der Waals surface area contributed by atoms with E-state index in [4.69, 9.17) is 0 Å². The van der Waals surface area contributed by atoms with E-state index in [1.165, 1.54) is 0 Å². The number of carbonyl (C=O) groups is 1. The van der Waals surface area contributed by atoms with E-state index in [1.807, 2.05) is 0 Å². The molecule has 0 aromatic carbocycles. The molecule has 1 aliphatic rings. The minimum atomic E-state index is -0.0446. The molecule has 5 heteroatoms. The molecule has 1 unspecified atom stereocenters. The zero-order valence-electron chi connectivity index (χ0n) is 11.4. The summed E-state index contributed by atoms with van der Waals surface area (Å²) in [7, 11) is 0. The maximum atomic E-state index is 12.0. The Morgan fingerprint density at radius 1 is 1.58 bits per heavy atom. The van der Waals surface area contributed by atoms with Gasteiger partial charge in [0.2, 0.25) is 0 Å². The average molecular weight is 326 g/mol. The third-order valence-electron chi connectivity index (χ3n) is 3.57. The maximum Gasteiger partial charge on any atom is 0.252 e. The SMILES string of the molecule is CC(C)N1CCC(CNC(=O)c2cncc(Br)c2)C1. The molecule has 1 amide bonds. The average Bonchev–Trinajstić information content (AvgIpc) is 2.85. The van der Waals surface area contributed by atoms with Crippen molar-refractivity contribution in [3.63, 3.8) is 0 Å². The van der Waals surface area contributed by atoms with Gasteiger partial charge in [0.25, 0.3) is 5.91 Å². The zero-order valence-corrected chi connectivity index (χ0v) is 13.0. The van der Waals surface area contributed by atoms with Crippen molar-refractivity contribution in [1.82, 2.24) is 15.2 Å². The highest BCUT2D eigenvalue weighted by Gasteiger charge is 2.24. The van der Waals surface area contributed by atoms with Gasteiger partial charge in [-0.25, -0.2) is 0 Å². The lowest BCUT2D eigenvalue weighted by molar-refractivity contribution is 0.0946. The molecule has 104 valence electrons. The van der Waals surface area contributed by atoms with Gasteiger partial charge in [0.05, 0.1) is 5.56 Å². The van der Waals surface area contributed by atoms with Crippen LogP contribution in [0.2, 0.25) is 0 Å². The lowest BCUT2D eigenvalue weighted by Gasteiger charge is -2.20. The molecular weight excluding hydrogens is 306 g/mol. The lowest BCUT2D eigenvalue weighted by atomic mass is 10.1. The summed E-state index contributed by atoms with van der Waals surface area (Å²) in [5, 5.41) is 3.00. The second kappa shape index (κ2) is 6.48. The van der Waals surface area contributed by atoms with Gasteiger partial charge < -0.3 is 10.2 Å². The molecule has 0 saturated carbocycles. The monoisotopic (exact) mass is 325 g/mol. The van der Waals surface area contributed by atoms with E-state index in [1.54, 1.807) is 18.5 Å². The Morgan fingerprint density at radius 3 is 3.00 bits per heavy atom. The first-order valence-electron chi connectivity index (χ1n) is 6.69. The van der Waals surface area contributed by atoms with Crippen LogP contribution in [0.25, 0.3) is 0 Å². The van der Waals surface area contributed by atoms with E-state index < -0.39 is 0 Å². The summed E-state index contributed by atoms with van der Waals surface area (Å²) in [4.78, 5) is 18.4. The number of aromatic nitrogens is 1. The van der Waals surface area contributed by atoms with Gasteiger partial charge in [0, 0.05) is 36.0 Å². The number of hydrogen-bond donors (Lipinski definition) is 1. The van der Waals surface area contributed by atoms with Gasteiger partial charge in [-0.05, 0) is 54.7 Å². The van der Waals surface area contributed by atoms with Gasteiger partial charge >= 0.3 is 0 Å². The fourth-order valence-corrected chi connectivity index (χ4v) is 2.74. The molecule has 1 aliphatic heterocycles. The Kier molecular flexibility index (Phi) is 4.93. The number of pyridine rings is 1. The predicted octanol–water partition coefficient (Wildman–Crippen LogP) is 2.30. The third kappa shape index (κ3) is 4.01. The van der Waals surface area contributed by atoms with Crippen molar-refractivity contribution in [3.8, 4) is 0 Å². The van der Waals surface area contributed by atoms with Crippen molar-refractivity contribution in [3.05, 3.63) is 28.5 Å². The molecule has 1 atom stereocenters. The second-order valence-corrected chi connectivity index (χ2v) is 6.26. The van der Waals surface area contributed by atoms with Crippen molar-refractivity contribution in [2.24, 2.45) is 5.92 Å². The van der Waals surface area contributed by atoms with E-state index in [9.17, 15) is 4.79 Å². The summed E-state index contributed by atoms with van der Waals surface area (Å²) in [5.74, 6) is 0.517. The summed E-state index contributed by atoms with van der Waals surface area (Å²) in [6.07, 6.45) is 4.43. The Balaban J connectivity index is 1.82. The largest absolute Gasteiger partial charge is 0.352 e. The van der Waals surface area contributed by atoms with Gasteiger partial charge in [-0.1, -0.05) is 0 Å². The molecule has 1 aromatic heterocycles. The second-order valence-electron chi connectivity index (χ2n) is 5.35. The molecule has 2 rings (SSSR count). The van der Waals surface area contributed by atoms with Crippen LogP contribution in [0.1, 0.15) is 30.6 Å². The van der Waals surface area contributed by atoms with E-state index in [0.29, 0.717) is 17.5 Å². The van der Waals surface area contributed by atoms with Gasteiger partial charge in [0.1, 0.15) is 0 Å². The standard InChI is InChI=1S/C14H20BrN3O/c1-10(2)18-4-3-11(9-18)6-17-14(19)12-5-13(15)8-16-7-12/h5,7-8,10-11H,3-4,6,9H2,1-2H3,(H,17,19). The first-order valence-corrected chi connectivity index (χ1v) is 7.48. The molecule has 19 heavy (non-hydrogen) atoms. The summed E-state index contributed by atoms with van der Waals surface area (Å²) in [6.45, 7) is 7.39. The number of hydrogen-bond acceptors (Lipinski definition) is 3. The molecule has 0 aliphatic carbocycles. The molecule has 1 fully saturated rings. The smallest absolute Gasteiger partial charge is 0.252 e. The van der Waals surface area contributed by atoms with Gasteiger partial charge in [-0.3, -0.25) is 9.78 Å². The maximum absolute atomic E-state index is 12.0. The van der Waals surface area contributed by atoms with Crippen molar-refractivity contribution in [1.29, 1.82) is 0 Å². The molecular formula is C14H20BrN3O. The summed E-state index contributed by atoms with van der Waals surface area (Å²) in [6, 6.07) is 2.38. The molecule has 4 nitrogen and oxygen atoms in total. The van der Waals surface area contributed by atoms with Gasteiger partial charge in [-0.15, -0.1) is 0 Å². The molecule has 1 N–H and O–H groups in total. The minimum absolute atomic E-state index is 0.0446. The van der Waals surface area contributed by atoms with E-state index in [2.05, 4.69) is 45.0 Å².